The molecule has 0 spiro atoms. The first-order valence-electron chi connectivity index (χ1n) is 3.67. The van der Waals surface area contributed by atoms with Crippen LogP contribution in [0.25, 0.3) is 0 Å². The average Bonchev–Trinajstić information content (AvgIpc) is 2.11. The van der Waals surface area contributed by atoms with E-state index >= 15 is 0 Å². The Labute approximate surface area is 73.2 Å². The number of rotatable bonds is 3. The van der Waals surface area contributed by atoms with Crippen molar-refractivity contribution in [3.05, 3.63) is 36.0 Å². The van der Waals surface area contributed by atoms with E-state index < -0.39 is 0 Å². The van der Waals surface area contributed by atoms with E-state index in [1.807, 2.05) is 13.0 Å². The first-order valence-corrected chi connectivity index (χ1v) is 3.67. The van der Waals surface area contributed by atoms with Crippen LogP contribution in [0.5, 0.6) is 0 Å². The van der Waals surface area contributed by atoms with E-state index in [0.29, 0.717) is 5.57 Å². The summed E-state index contributed by atoms with van der Waals surface area (Å²) in [5.41, 5.74) is 1.59. The maximum absolute atomic E-state index is 10.9. The third-order valence-electron chi connectivity index (χ3n) is 1.43. The molecule has 66 valence electrons. The molecular formula is C10H14O2. The van der Waals surface area contributed by atoms with Crippen LogP contribution in [0.3, 0.4) is 0 Å². The van der Waals surface area contributed by atoms with Crippen molar-refractivity contribution < 1.29 is 9.53 Å². The summed E-state index contributed by atoms with van der Waals surface area (Å²) in [6, 6.07) is 0. The lowest BCUT2D eigenvalue weighted by molar-refractivity contribution is -0.136. The van der Waals surface area contributed by atoms with Gasteiger partial charge in [0, 0.05) is 5.57 Å². The predicted molar refractivity (Wildman–Crippen MR) is 49.7 cm³/mol. The topological polar surface area (TPSA) is 26.3 Å². The van der Waals surface area contributed by atoms with Crippen molar-refractivity contribution in [1.29, 1.82) is 0 Å². The van der Waals surface area contributed by atoms with Crippen LogP contribution < -0.4 is 0 Å². The van der Waals surface area contributed by atoms with Gasteiger partial charge in [-0.1, -0.05) is 30.4 Å². The van der Waals surface area contributed by atoms with E-state index in [-0.39, 0.29) is 5.97 Å². The summed E-state index contributed by atoms with van der Waals surface area (Å²) in [6.45, 7) is 7.21. The molecule has 0 N–H and O–H groups in total. The molecule has 0 unspecified atom stereocenters. The Morgan fingerprint density at radius 1 is 1.33 bits per heavy atom. The summed E-state index contributed by atoms with van der Waals surface area (Å²) in [5.74, 6) is -0.303. The third-order valence-corrected chi connectivity index (χ3v) is 1.43. The molecule has 0 radical (unpaired) electrons. The molecule has 0 fully saturated rings. The van der Waals surface area contributed by atoms with Gasteiger partial charge in [0.25, 0.3) is 0 Å². The maximum atomic E-state index is 10.9. The van der Waals surface area contributed by atoms with Crippen molar-refractivity contribution in [3.63, 3.8) is 0 Å². The highest BCUT2D eigenvalue weighted by molar-refractivity contribution is 5.87. The molecule has 0 amide bonds. The lowest BCUT2D eigenvalue weighted by Gasteiger charge is -1.95. The Bertz CT molecular complexity index is 234. The Hall–Kier alpha value is -1.31. The van der Waals surface area contributed by atoms with Gasteiger partial charge >= 0.3 is 5.97 Å². The van der Waals surface area contributed by atoms with Crippen LogP contribution in [-0.4, -0.2) is 13.1 Å². The number of allylic oxidation sites excluding steroid dienone is 4. The van der Waals surface area contributed by atoms with Crippen LogP contribution >= 0.6 is 0 Å². The Balaban J connectivity index is 4.37. The van der Waals surface area contributed by atoms with E-state index in [4.69, 9.17) is 0 Å². The third kappa shape index (κ3) is 3.76. The molecule has 0 rings (SSSR count). The molecule has 0 bridgehead atoms. The summed E-state index contributed by atoms with van der Waals surface area (Å²) in [6.07, 6.45) is 5.25. The molecular weight excluding hydrogens is 152 g/mol. The predicted octanol–water partition coefficient (Wildman–Crippen LogP) is 2.24. The molecule has 0 aromatic carbocycles. The zero-order valence-electron chi connectivity index (χ0n) is 7.76. The summed E-state index contributed by atoms with van der Waals surface area (Å²) >= 11 is 0. The SMILES string of the molecule is C=C/C(C)=C/C=C(\C)C(=O)OC. The number of carbonyl (C=O) groups is 1. The van der Waals surface area contributed by atoms with Crippen molar-refractivity contribution in [2.45, 2.75) is 13.8 Å². The van der Waals surface area contributed by atoms with Crippen molar-refractivity contribution in [3.8, 4) is 0 Å². The Kier molecular flexibility index (Phi) is 4.77. The molecule has 0 aliphatic carbocycles. The first kappa shape index (κ1) is 10.7. The van der Waals surface area contributed by atoms with Crippen LogP contribution in [0.1, 0.15) is 13.8 Å². The number of methoxy groups -OCH3 is 1. The van der Waals surface area contributed by atoms with Crippen LogP contribution in [0.2, 0.25) is 0 Å². The standard InChI is InChI=1S/C10H14O2/c1-5-8(2)6-7-9(3)10(11)12-4/h5-7H,1H2,2-4H3/b8-6+,9-7+. The summed E-state index contributed by atoms with van der Waals surface area (Å²) in [5, 5.41) is 0. The van der Waals surface area contributed by atoms with E-state index in [1.165, 1.54) is 7.11 Å². The second-order valence-corrected chi connectivity index (χ2v) is 2.46. The first-order chi connectivity index (χ1) is 5.61. The largest absolute Gasteiger partial charge is 0.466 e. The Morgan fingerprint density at radius 2 is 1.92 bits per heavy atom. The van der Waals surface area contributed by atoms with Gasteiger partial charge in [0.1, 0.15) is 0 Å². The Morgan fingerprint density at radius 3 is 2.33 bits per heavy atom. The van der Waals surface area contributed by atoms with Gasteiger partial charge in [-0.3, -0.25) is 0 Å². The van der Waals surface area contributed by atoms with E-state index in [2.05, 4.69) is 11.3 Å². The molecule has 12 heavy (non-hydrogen) atoms. The average molecular weight is 166 g/mol. The van der Waals surface area contributed by atoms with Gasteiger partial charge in [0.15, 0.2) is 0 Å². The number of hydrogen-bond donors (Lipinski definition) is 0. The molecule has 0 aliphatic rings. The number of esters is 1. The van der Waals surface area contributed by atoms with Crippen LogP contribution in [0.4, 0.5) is 0 Å². The van der Waals surface area contributed by atoms with Gasteiger partial charge < -0.3 is 4.74 Å². The van der Waals surface area contributed by atoms with E-state index in [1.54, 1.807) is 19.1 Å². The summed E-state index contributed by atoms with van der Waals surface area (Å²) in [7, 11) is 1.36. The molecule has 0 aliphatic heterocycles. The lowest BCUT2D eigenvalue weighted by Crippen LogP contribution is -2.00. The zero-order chi connectivity index (χ0) is 9.56. The van der Waals surface area contributed by atoms with Crippen LogP contribution in [0, 0.1) is 0 Å². The zero-order valence-corrected chi connectivity index (χ0v) is 7.76. The molecule has 0 atom stereocenters. The van der Waals surface area contributed by atoms with E-state index in [9.17, 15) is 4.79 Å². The molecule has 0 heterocycles. The highest BCUT2D eigenvalue weighted by atomic mass is 16.5. The maximum Gasteiger partial charge on any atom is 0.333 e. The number of hydrogen-bond acceptors (Lipinski definition) is 2. The number of ether oxygens (including phenoxy) is 1. The molecule has 0 aromatic rings. The molecule has 0 saturated carbocycles. The smallest absolute Gasteiger partial charge is 0.333 e. The van der Waals surface area contributed by atoms with Gasteiger partial charge in [0.2, 0.25) is 0 Å². The van der Waals surface area contributed by atoms with Gasteiger partial charge in [-0.2, -0.15) is 0 Å². The molecule has 0 aromatic heterocycles. The molecule has 2 nitrogen and oxygen atoms in total. The summed E-state index contributed by atoms with van der Waals surface area (Å²) < 4.78 is 4.52. The summed E-state index contributed by atoms with van der Waals surface area (Å²) in [4.78, 5) is 10.9. The minimum atomic E-state index is -0.303. The van der Waals surface area contributed by atoms with Crippen molar-refractivity contribution >= 4 is 5.97 Å². The second-order valence-electron chi connectivity index (χ2n) is 2.46. The highest BCUT2D eigenvalue weighted by Crippen LogP contribution is 1.99. The quantitative estimate of drug-likeness (QED) is 0.365. The lowest BCUT2D eigenvalue weighted by atomic mass is 10.2. The molecule has 0 saturated heterocycles. The second kappa shape index (κ2) is 5.35. The van der Waals surface area contributed by atoms with Gasteiger partial charge in [0.05, 0.1) is 7.11 Å². The fourth-order valence-electron chi connectivity index (χ4n) is 0.554. The minimum Gasteiger partial charge on any atom is -0.466 e. The van der Waals surface area contributed by atoms with Gasteiger partial charge in [-0.25, -0.2) is 4.79 Å². The number of carbonyl (C=O) groups excluding carboxylic acids is 1. The fourth-order valence-corrected chi connectivity index (χ4v) is 0.554. The van der Waals surface area contributed by atoms with Crippen LogP contribution in [-0.2, 0) is 9.53 Å². The van der Waals surface area contributed by atoms with Crippen molar-refractivity contribution in [2.24, 2.45) is 0 Å². The van der Waals surface area contributed by atoms with Crippen molar-refractivity contribution in [1.82, 2.24) is 0 Å². The normalized spacial score (nSPS) is 12.6. The van der Waals surface area contributed by atoms with Gasteiger partial charge in [-0.15, -0.1) is 0 Å². The highest BCUT2D eigenvalue weighted by Gasteiger charge is 1.99. The fraction of sp³-hybridized carbons (Fsp3) is 0.300. The van der Waals surface area contributed by atoms with Gasteiger partial charge in [-0.05, 0) is 13.8 Å². The van der Waals surface area contributed by atoms with Crippen molar-refractivity contribution in [2.75, 3.05) is 7.11 Å². The monoisotopic (exact) mass is 166 g/mol. The minimum absolute atomic E-state index is 0.303. The van der Waals surface area contributed by atoms with E-state index in [0.717, 1.165) is 5.57 Å². The van der Waals surface area contributed by atoms with Crippen LogP contribution in [0.15, 0.2) is 36.0 Å². The molecule has 2 heteroatoms.